The summed E-state index contributed by atoms with van der Waals surface area (Å²) in [5.74, 6) is -0.443. The molecule has 0 bridgehead atoms. The summed E-state index contributed by atoms with van der Waals surface area (Å²) < 4.78 is 68.5. The topological polar surface area (TPSA) is 237 Å². The van der Waals surface area contributed by atoms with Crippen LogP contribution in [0.1, 0.15) is 414 Å². The summed E-state index contributed by atoms with van der Waals surface area (Å²) in [7, 11) is -9.91. The Morgan fingerprint density at radius 1 is 0.296 bits per heavy atom. The van der Waals surface area contributed by atoms with Gasteiger partial charge in [-0.25, -0.2) is 9.13 Å². The van der Waals surface area contributed by atoms with E-state index in [1.807, 2.05) is 0 Å². The van der Waals surface area contributed by atoms with Gasteiger partial charge in [-0.15, -0.1) is 0 Å². The average molecular weight is 1440 g/mol. The molecule has 0 aromatic heterocycles. The average Bonchev–Trinajstić information content (AvgIpc) is 1.04. The Kier molecular flexibility index (Phi) is 69.3. The molecule has 0 amide bonds. The van der Waals surface area contributed by atoms with Gasteiger partial charge in [0.2, 0.25) is 0 Å². The Labute approximate surface area is 600 Å². The smallest absolute Gasteiger partial charge is 0.462 e. The Bertz CT molecular complexity index is 1890. The first kappa shape index (κ1) is 96.1. The van der Waals surface area contributed by atoms with Gasteiger partial charge in [-0.1, -0.05) is 363 Å². The molecule has 6 atom stereocenters. The van der Waals surface area contributed by atoms with E-state index >= 15 is 0 Å². The van der Waals surface area contributed by atoms with Crippen molar-refractivity contribution in [1.29, 1.82) is 0 Å². The predicted octanol–water partition coefficient (Wildman–Crippen LogP) is 23.5. The molecule has 0 aromatic carbocycles. The molecule has 17 nitrogen and oxygen atoms in total. The van der Waals surface area contributed by atoms with E-state index in [9.17, 15) is 43.2 Å². The van der Waals surface area contributed by atoms with Crippen LogP contribution in [0.15, 0.2) is 0 Å². The fourth-order valence-electron chi connectivity index (χ4n) is 12.2. The molecular formula is C79H154O17P2. The van der Waals surface area contributed by atoms with Crippen LogP contribution in [0.25, 0.3) is 0 Å². The van der Waals surface area contributed by atoms with E-state index in [-0.39, 0.29) is 25.7 Å². The van der Waals surface area contributed by atoms with Crippen LogP contribution in [0.2, 0.25) is 0 Å². The third-order valence-electron chi connectivity index (χ3n) is 18.8. The number of unbranched alkanes of at least 4 members (excludes halogenated alkanes) is 47. The molecular weight excluding hydrogens is 1280 g/mol. The van der Waals surface area contributed by atoms with Gasteiger partial charge in [0.05, 0.1) is 26.4 Å². The van der Waals surface area contributed by atoms with Crippen molar-refractivity contribution in [1.82, 2.24) is 0 Å². The van der Waals surface area contributed by atoms with Crippen molar-refractivity contribution >= 4 is 39.5 Å². The number of aliphatic hydroxyl groups is 1. The highest BCUT2D eigenvalue weighted by molar-refractivity contribution is 7.47. The lowest BCUT2D eigenvalue weighted by Gasteiger charge is -2.21. The van der Waals surface area contributed by atoms with Crippen LogP contribution >= 0.6 is 15.6 Å². The minimum atomic E-state index is -4.96. The van der Waals surface area contributed by atoms with Crippen LogP contribution in [0.5, 0.6) is 0 Å². The normalized spacial score (nSPS) is 14.2. The summed E-state index contributed by atoms with van der Waals surface area (Å²) in [4.78, 5) is 72.8. The van der Waals surface area contributed by atoms with Crippen molar-refractivity contribution in [2.45, 2.75) is 432 Å². The molecule has 3 N–H and O–H groups in total. The first-order valence-corrected chi connectivity index (χ1v) is 44.0. The van der Waals surface area contributed by atoms with Crippen LogP contribution < -0.4 is 0 Å². The highest BCUT2D eigenvalue weighted by atomic mass is 31.2. The molecule has 0 aliphatic rings. The quantitative estimate of drug-likeness (QED) is 0.0222. The summed E-state index contributed by atoms with van der Waals surface area (Å²) in [6.45, 7) is 9.68. The second kappa shape index (κ2) is 70.7. The van der Waals surface area contributed by atoms with Crippen molar-refractivity contribution in [3.05, 3.63) is 0 Å². The number of carbonyl (C=O) groups is 4. The van der Waals surface area contributed by atoms with Crippen molar-refractivity contribution in [2.75, 3.05) is 39.6 Å². The zero-order chi connectivity index (χ0) is 72.1. The maximum Gasteiger partial charge on any atom is 0.472 e. The van der Waals surface area contributed by atoms with Gasteiger partial charge >= 0.3 is 39.5 Å². The first-order chi connectivity index (χ1) is 47.4. The number of phosphoric ester groups is 2. The maximum absolute atomic E-state index is 13.1. The van der Waals surface area contributed by atoms with Crippen molar-refractivity contribution in [3.8, 4) is 0 Å². The maximum atomic E-state index is 13.1. The lowest BCUT2D eigenvalue weighted by Crippen LogP contribution is -2.30. The Morgan fingerprint density at radius 3 is 0.776 bits per heavy atom. The molecule has 0 aromatic rings. The fraction of sp³-hybridized carbons (Fsp3) is 0.949. The summed E-state index contributed by atoms with van der Waals surface area (Å²) in [5, 5.41) is 10.6. The van der Waals surface area contributed by atoms with E-state index in [0.717, 1.165) is 102 Å². The number of ether oxygens (including phenoxy) is 4. The molecule has 0 saturated heterocycles. The molecule has 0 aliphatic heterocycles. The van der Waals surface area contributed by atoms with E-state index in [1.54, 1.807) is 0 Å². The lowest BCUT2D eigenvalue weighted by molar-refractivity contribution is -0.161. The largest absolute Gasteiger partial charge is 0.472 e. The summed E-state index contributed by atoms with van der Waals surface area (Å²) in [6, 6.07) is 0. The van der Waals surface area contributed by atoms with E-state index < -0.39 is 97.5 Å². The summed E-state index contributed by atoms with van der Waals surface area (Å²) in [5.41, 5.74) is 0. The van der Waals surface area contributed by atoms with Gasteiger partial charge < -0.3 is 33.8 Å². The van der Waals surface area contributed by atoms with Crippen molar-refractivity contribution in [3.63, 3.8) is 0 Å². The number of aliphatic hydroxyl groups excluding tert-OH is 1. The molecule has 19 heteroatoms. The number of carbonyl (C=O) groups excluding carboxylic acids is 4. The van der Waals surface area contributed by atoms with E-state index in [2.05, 4.69) is 41.5 Å². The number of hydrogen-bond donors (Lipinski definition) is 3. The van der Waals surface area contributed by atoms with Gasteiger partial charge in [0.1, 0.15) is 19.3 Å². The highest BCUT2D eigenvalue weighted by Crippen LogP contribution is 2.45. The number of hydrogen-bond acceptors (Lipinski definition) is 15. The zero-order valence-electron chi connectivity index (χ0n) is 64.1. The third-order valence-corrected chi connectivity index (χ3v) is 20.7. The molecule has 3 unspecified atom stereocenters. The third kappa shape index (κ3) is 71.1. The molecule has 0 spiro atoms. The van der Waals surface area contributed by atoms with Gasteiger partial charge in [-0.05, 0) is 37.5 Å². The van der Waals surface area contributed by atoms with E-state index in [1.165, 1.54) is 231 Å². The first-order valence-electron chi connectivity index (χ1n) is 41.0. The lowest BCUT2D eigenvalue weighted by atomic mass is 9.99. The summed E-state index contributed by atoms with van der Waals surface area (Å²) >= 11 is 0. The number of phosphoric acid groups is 2. The Morgan fingerprint density at radius 2 is 0.520 bits per heavy atom. The van der Waals surface area contributed by atoms with Gasteiger partial charge in [0, 0.05) is 25.7 Å². The fourth-order valence-corrected chi connectivity index (χ4v) is 13.7. The zero-order valence-corrected chi connectivity index (χ0v) is 65.9. The Balaban J connectivity index is 5.17. The van der Waals surface area contributed by atoms with Crippen LogP contribution in [-0.2, 0) is 65.4 Å². The second-order valence-electron chi connectivity index (χ2n) is 29.2. The molecule has 582 valence electrons. The van der Waals surface area contributed by atoms with Gasteiger partial charge in [-0.3, -0.25) is 37.3 Å². The number of rotatable bonds is 78. The second-order valence-corrected chi connectivity index (χ2v) is 32.1. The standard InChI is InChI=1S/C79H154O17P2/c1-7-10-12-14-16-18-38-45-51-57-63-78(83)95-74(67-89-76(81)61-55-49-43-35-17-15-13-11-8-2)69-93-97(85,86)91-65-73(80)66-92-98(87,88)94-70-75(68-90-77(82)62-56-50-44-39-33-29-26-25-27-31-36-41-47-53-59-71(4)5)96-79(84)64-58-52-46-40-34-30-24-22-20-19-21-23-28-32-37-42-48-54-60-72(6)9-3/h71-75,80H,7-70H2,1-6H3,(H,85,86)(H,87,88)/t72?,73-,74+,75+/m0/s1. The molecule has 98 heavy (non-hydrogen) atoms. The van der Waals surface area contributed by atoms with Crippen molar-refractivity contribution in [2.24, 2.45) is 11.8 Å². The molecule has 0 fully saturated rings. The number of esters is 4. The minimum Gasteiger partial charge on any atom is -0.462 e. The summed E-state index contributed by atoms with van der Waals surface area (Å²) in [6.07, 6.45) is 59.7. The minimum absolute atomic E-state index is 0.107. The molecule has 0 aliphatic carbocycles. The monoisotopic (exact) mass is 1440 g/mol. The predicted molar refractivity (Wildman–Crippen MR) is 400 cm³/mol. The molecule has 0 heterocycles. The molecule has 0 saturated carbocycles. The molecule has 0 radical (unpaired) electrons. The van der Waals surface area contributed by atoms with E-state index in [4.69, 9.17) is 37.0 Å². The van der Waals surface area contributed by atoms with Gasteiger partial charge in [0.15, 0.2) is 12.2 Å². The van der Waals surface area contributed by atoms with Crippen LogP contribution in [0, 0.1) is 11.8 Å². The van der Waals surface area contributed by atoms with Crippen LogP contribution in [0.4, 0.5) is 0 Å². The van der Waals surface area contributed by atoms with E-state index in [0.29, 0.717) is 25.7 Å². The Hall–Kier alpha value is -1.94. The highest BCUT2D eigenvalue weighted by Gasteiger charge is 2.30. The molecule has 0 rings (SSSR count). The van der Waals surface area contributed by atoms with Crippen LogP contribution in [0.3, 0.4) is 0 Å². The van der Waals surface area contributed by atoms with Crippen molar-refractivity contribution < 1.29 is 80.2 Å². The van der Waals surface area contributed by atoms with Gasteiger partial charge in [-0.2, -0.15) is 0 Å². The van der Waals surface area contributed by atoms with Gasteiger partial charge in [0.25, 0.3) is 0 Å². The SMILES string of the molecule is CCCCCCCCCCCCC(=O)O[C@H](COC(=O)CCCCCCCCCCC)COP(=O)(O)OC[C@H](O)COP(=O)(O)OC[C@@H](COC(=O)CCCCCCCCCCCCCCCCC(C)C)OC(=O)CCCCCCCCCCCCCCCCCCCCC(C)CC. The van der Waals surface area contributed by atoms with Crippen LogP contribution in [-0.4, -0.2) is 96.7 Å².